The number of fused-ring (bicyclic) bond motifs is 2. The molecular formula is C34H39F2N7O2. The SMILES string of the molecule is C#Cc1c(F)ccc2c1N(c1ncc3c(NCC4(N(C)C(=O)C=C)CCCC4)nc(OC[C@@H]4CCCN4C)nc3c1F)CCC2. The van der Waals surface area contributed by atoms with Gasteiger partial charge in [0.05, 0.1) is 22.2 Å². The van der Waals surface area contributed by atoms with E-state index < -0.39 is 17.2 Å². The van der Waals surface area contributed by atoms with Crippen molar-refractivity contribution in [2.24, 2.45) is 0 Å². The molecular weight excluding hydrogens is 576 g/mol. The Bertz CT molecular complexity index is 1670. The predicted molar refractivity (Wildman–Crippen MR) is 171 cm³/mol. The number of hydrogen-bond donors (Lipinski definition) is 1. The third-order valence-electron chi connectivity index (χ3n) is 9.77. The summed E-state index contributed by atoms with van der Waals surface area (Å²) in [6.07, 6.45) is 15.7. The Kier molecular flexibility index (Phi) is 8.60. The zero-order chi connectivity index (χ0) is 31.7. The van der Waals surface area contributed by atoms with E-state index in [1.165, 1.54) is 18.3 Å². The molecule has 4 heterocycles. The van der Waals surface area contributed by atoms with Gasteiger partial charge in [0.2, 0.25) is 5.91 Å². The third kappa shape index (κ3) is 5.68. The zero-order valence-electron chi connectivity index (χ0n) is 25.9. The van der Waals surface area contributed by atoms with E-state index in [1.807, 2.05) is 0 Å². The van der Waals surface area contributed by atoms with E-state index in [4.69, 9.17) is 11.2 Å². The highest BCUT2D eigenvalue weighted by Crippen LogP contribution is 2.40. The second kappa shape index (κ2) is 12.6. The molecule has 3 aromatic rings. The smallest absolute Gasteiger partial charge is 0.319 e. The van der Waals surface area contributed by atoms with Gasteiger partial charge >= 0.3 is 6.01 Å². The molecule has 1 aliphatic carbocycles. The largest absolute Gasteiger partial charge is 0.462 e. The van der Waals surface area contributed by atoms with E-state index in [2.05, 4.69) is 44.7 Å². The number of nitrogens with zero attached hydrogens (tertiary/aromatic N) is 6. The number of anilines is 3. The van der Waals surface area contributed by atoms with Gasteiger partial charge in [0.25, 0.3) is 0 Å². The van der Waals surface area contributed by atoms with Gasteiger partial charge in [-0.25, -0.2) is 13.8 Å². The van der Waals surface area contributed by atoms with Crippen molar-refractivity contribution in [2.45, 2.75) is 62.9 Å². The summed E-state index contributed by atoms with van der Waals surface area (Å²) < 4.78 is 37.5. The standard InChI is InChI=1S/C34H39F2N7O2/c1-5-24-26(35)14-13-22-11-9-18-43(30(22)24)32-28(36)29-25(19-37-32)31(40-33(39-29)45-20-23-12-10-17-41(23)3)38-21-34(15-7-8-16-34)42(4)27(44)6-2/h1,6,13-14,19,23H,2,7-12,15-18,20-21H2,3-4H3,(H,38,39,40)/t23-/m0/s1. The quantitative estimate of drug-likeness (QED) is 0.260. The van der Waals surface area contributed by atoms with Gasteiger partial charge in [0, 0.05) is 32.4 Å². The van der Waals surface area contributed by atoms with Gasteiger partial charge in [-0.2, -0.15) is 9.97 Å². The van der Waals surface area contributed by atoms with Gasteiger partial charge in [-0.15, -0.1) is 6.42 Å². The molecule has 0 spiro atoms. The van der Waals surface area contributed by atoms with Crippen LogP contribution >= 0.6 is 0 Å². The van der Waals surface area contributed by atoms with Gasteiger partial charge in [-0.3, -0.25) is 4.79 Å². The summed E-state index contributed by atoms with van der Waals surface area (Å²) in [6.45, 7) is 5.83. The average molecular weight is 616 g/mol. The molecule has 1 aromatic carbocycles. The second-order valence-electron chi connectivity index (χ2n) is 12.3. The van der Waals surface area contributed by atoms with Gasteiger partial charge in [0.15, 0.2) is 11.6 Å². The zero-order valence-corrected chi connectivity index (χ0v) is 25.9. The molecule has 45 heavy (non-hydrogen) atoms. The molecule has 1 saturated carbocycles. The van der Waals surface area contributed by atoms with Crippen LogP contribution in [0.2, 0.25) is 0 Å². The number of pyridine rings is 1. The number of terminal acetylenes is 1. The van der Waals surface area contributed by atoms with Crippen LogP contribution in [0.3, 0.4) is 0 Å². The van der Waals surface area contributed by atoms with Gasteiger partial charge < -0.3 is 24.8 Å². The number of rotatable bonds is 9. The lowest BCUT2D eigenvalue weighted by molar-refractivity contribution is -0.129. The average Bonchev–Trinajstić information content (AvgIpc) is 3.71. The maximum atomic E-state index is 16.6. The topological polar surface area (TPSA) is 86.7 Å². The minimum Gasteiger partial charge on any atom is -0.462 e. The molecule has 1 atom stereocenters. The van der Waals surface area contributed by atoms with Crippen molar-refractivity contribution in [3.8, 4) is 18.4 Å². The number of aromatic nitrogens is 3. The minimum atomic E-state index is -0.671. The normalized spacial score (nSPS) is 19.3. The Hall–Kier alpha value is -4.30. The molecule has 0 unspecified atom stereocenters. The Morgan fingerprint density at radius 1 is 1.24 bits per heavy atom. The molecule has 9 nitrogen and oxygen atoms in total. The molecule has 1 N–H and O–H groups in total. The first kappa shape index (κ1) is 30.7. The van der Waals surface area contributed by atoms with Crippen LogP contribution in [0.4, 0.5) is 26.1 Å². The van der Waals surface area contributed by atoms with Crippen LogP contribution in [0.5, 0.6) is 6.01 Å². The van der Waals surface area contributed by atoms with E-state index in [-0.39, 0.29) is 34.9 Å². The molecule has 0 bridgehead atoms. The van der Waals surface area contributed by atoms with Crippen molar-refractivity contribution in [2.75, 3.05) is 50.6 Å². The lowest BCUT2D eigenvalue weighted by Crippen LogP contribution is -2.51. The first-order valence-corrected chi connectivity index (χ1v) is 15.6. The van der Waals surface area contributed by atoms with Gasteiger partial charge in [-0.1, -0.05) is 31.4 Å². The highest BCUT2D eigenvalue weighted by atomic mass is 19.1. The van der Waals surface area contributed by atoms with E-state index in [0.29, 0.717) is 43.0 Å². The van der Waals surface area contributed by atoms with Crippen LogP contribution in [0, 0.1) is 24.0 Å². The number of likely N-dealkylation sites (N-methyl/N-ethyl adjacent to an activating group) is 2. The number of benzene rings is 1. The molecule has 6 rings (SSSR count). The van der Waals surface area contributed by atoms with Gasteiger partial charge in [-0.05, 0) is 69.8 Å². The van der Waals surface area contributed by atoms with Crippen LogP contribution in [-0.4, -0.2) is 82.6 Å². The molecule has 2 aliphatic heterocycles. The summed E-state index contributed by atoms with van der Waals surface area (Å²) in [5.41, 5.74) is 0.972. The van der Waals surface area contributed by atoms with Crippen molar-refractivity contribution in [3.63, 3.8) is 0 Å². The Balaban J connectivity index is 1.41. The molecule has 0 radical (unpaired) electrons. The van der Waals surface area contributed by atoms with E-state index in [0.717, 1.165) is 57.1 Å². The number of carbonyl (C=O) groups is 1. The molecule has 236 valence electrons. The number of aryl methyl sites for hydroxylation is 1. The number of hydrogen-bond acceptors (Lipinski definition) is 8. The monoisotopic (exact) mass is 615 g/mol. The van der Waals surface area contributed by atoms with Gasteiger partial charge in [0.1, 0.15) is 23.8 Å². The Morgan fingerprint density at radius 2 is 2.04 bits per heavy atom. The molecule has 1 saturated heterocycles. The number of carbonyl (C=O) groups excluding carboxylic acids is 1. The molecule has 3 aliphatic rings. The van der Waals surface area contributed by atoms with E-state index in [1.54, 1.807) is 22.9 Å². The summed E-state index contributed by atoms with van der Waals surface area (Å²) in [6, 6.07) is 3.31. The van der Waals surface area contributed by atoms with Crippen LogP contribution in [0.1, 0.15) is 56.1 Å². The Morgan fingerprint density at radius 3 is 2.76 bits per heavy atom. The fourth-order valence-corrected chi connectivity index (χ4v) is 7.07. The lowest BCUT2D eigenvalue weighted by atomic mass is 9.95. The van der Waals surface area contributed by atoms with Crippen molar-refractivity contribution >= 4 is 34.1 Å². The number of nitrogens with one attached hydrogen (secondary N) is 1. The first-order valence-electron chi connectivity index (χ1n) is 15.6. The van der Waals surface area contributed by atoms with Crippen LogP contribution in [-0.2, 0) is 11.2 Å². The van der Waals surface area contributed by atoms with E-state index in [9.17, 15) is 9.18 Å². The van der Waals surface area contributed by atoms with Crippen LogP contribution in [0.25, 0.3) is 10.9 Å². The fourth-order valence-electron chi connectivity index (χ4n) is 7.07. The summed E-state index contributed by atoms with van der Waals surface area (Å²) in [7, 11) is 3.84. The maximum Gasteiger partial charge on any atom is 0.319 e. The fraction of sp³-hybridized carbons (Fsp3) is 0.471. The lowest BCUT2D eigenvalue weighted by Gasteiger charge is -2.38. The minimum absolute atomic E-state index is 0.0141. The number of halogens is 2. The number of ether oxygens (including phenoxy) is 1. The second-order valence-corrected chi connectivity index (χ2v) is 12.3. The van der Waals surface area contributed by atoms with Crippen LogP contribution < -0.4 is 15.0 Å². The van der Waals surface area contributed by atoms with Crippen LogP contribution in [0.15, 0.2) is 31.0 Å². The van der Waals surface area contributed by atoms with Crippen molar-refractivity contribution in [1.82, 2.24) is 24.8 Å². The van der Waals surface area contributed by atoms with Crippen molar-refractivity contribution < 1.29 is 18.3 Å². The molecule has 1 amide bonds. The molecule has 11 heteroatoms. The number of amides is 1. The van der Waals surface area contributed by atoms with Crippen molar-refractivity contribution in [3.05, 3.63) is 53.7 Å². The number of likely N-dealkylation sites (tertiary alicyclic amines) is 1. The molecule has 2 fully saturated rings. The van der Waals surface area contributed by atoms with Crippen molar-refractivity contribution in [1.29, 1.82) is 0 Å². The third-order valence-corrected chi connectivity index (χ3v) is 9.77. The van der Waals surface area contributed by atoms with E-state index >= 15 is 4.39 Å². The summed E-state index contributed by atoms with van der Waals surface area (Å²) in [5.74, 6) is 1.47. The highest BCUT2D eigenvalue weighted by molar-refractivity contribution is 5.92. The highest BCUT2D eigenvalue weighted by Gasteiger charge is 2.40. The maximum absolute atomic E-state index is 16.6. The summed E-state index contributed by atoms with van der Waals surface area (Å²) in [5, 5.41) is 3.78. The summed E-state index contributed by atoms with van der Waals surface area (Å²) >= 11 is 0. The molecule has 2 aromatic heterocycles. The first-order chi connectivity index (χ1) is 21.8. The summed E-state index contributed by atoms with van der Waals surface area (Å²) in [4.78, 5) is 32.0. The predicted octanol–water partition coefficient (Wildman–Crippen LogP) is 5.21. The Labute approximate surface area is 262 Å².